The average Bonchev–Trinajstić information content (AvgIpc) is 2.59. The molecule has 0 fully saturated rings. The fraction of sp³-hybridized carbons (Fsp3) is 0.810. The Morgan fingerprint density at radius 3 is 1.56 bits per heavy atom. The monoisotopic (exact) mass is 352 g/mol. The first-order valence-corrected chi connectivity index (χ1v) is 10.1. The largest absolute Gasteiger partial charge is 0.481 e. The first kappa shape index (κ1) is 21.7. The highest BCUT2D eigenvalue weighted by Crippen LogP contribution is 2.55. The molecule has 4 heteroatoms. The van der Waals surface area contributed by atoms with Crippen molar-refractivity contribution in [2.24, 2.45) is 10.8 Å². The van der Waals surface area contributed by atoms with Gasteiger partial charge >= 0.3 is 11.9 Å². The van der Waals surface area contributed by atoms with Crippen LogP contribution in [0.4, 0.5) is 0 Å². The van der Waals surface area contributed by atoms with Crippen LogP contribution in [0.15, 0.2) is 12.2 Å². The van der Waals surface area contributed by atoms with E-state index >= 15 is 0 Å². The highest BCUT2D eigenvalue weighted by Gasteiger charge is 2.60. The number of hydrogen-bond acceptors (Lipinski definition) is 2. The van der Waals surface area contributed by atoms with E-state index in [1.807, 2.05) is 19.1 Å². The number of rotatable bonds is 13. The van der Waals surface area contributed by atoms with Gasteiger partial charge in [0, 0.05) is 0 Å². The van der Waals surface area contributed by atoms with Crippen LogP contribution in [0.25, 0.3) is 0 Å². The predicted octanol–water partition coefficient (Wildman–Crippen LogP) is 5.81. The van der Waals surface area contributed by atoms with Gasteiger partial charge in [-0.05, 0) is 25.7 Å². The van der Waals surface area contributed by atoms with Crippen molar-refractivity contribution < 1.29 is 19.8 Å². The summed E-state index contributed by atoms with van der Waals surface area (Å²) < 4.78 is 0. The molecule has 0 amide bonds. The second-order valence-corrected chi connectivity index (χ2v) is 7.63. The van der Waals surface area contributed by atoms with Crippen molar-refractivity contribution in [2.45, 2.75) is 97.3 Å². The van der Waals surface area contributed by atoms with Gasteiger partial charge in [-0.3, -0.25) is 9.59 Å². The van der Waals surface area contributed by atoms with Crippen molar-refractivity contribution >= 4 is 11.9 Å². The number of carboxylic acids is 2. The van der Waals surface area contributed by atoms with Gasteiger partial charge in [-0.25, -0.2) is 0 Å². The minimum atomic E-state index is -1.16. The molecule has 2 unspecified atom stereocenters. The molecule has 0 saturated carbocycles. The second-order valence-electron chi connectivity index (χ2n) is 7.63. The van der Waals surface area contributed by atoms with Crippen LogP contribution < -0.4 is 0 Å². The van der Waals surface area contributed by atoms with E-state index in [1.165, 1.54) is 25.7 Å². The molecule has 4 nitrogen and oxygen atoms in total. The topological polar surface area (TPSA) is 74.6 Å². The number of allylic oxidation sites excluding steroid dienone is 2. The van der Waals surface area contributed by atoms with Crippen LogP contribution in [0, 0.1) is 10.8 Å². The van der Waals surface area contributed by atoms with Crippen LogP contribution in [0.2, 0.25) is 0 Å². The molecule has 2 atom stereocenters. The molecule has 2 N–H and O–H groups in total. The van der Waals surface area contributed by atoms with Gasteiger partial charge < -0.3 is 10.2 Å². The van der Waals surface area contributed by atoms with Crippen molar-refractivity contribution in [3.05, 3.63) is 12.2 Å². The molecular formula is C21H36O4. The summed E-state index contributed by atoms with van der Waals surface area (Å²) in [6, 6.07) is 0. The lowest BCUT2D eigenvalue weighted by atomic mass is 9.54. The number of unbranched alkanes of at least 4 members (excludes halogenated alkanes) is 7. The molecular weight excluding hydrogens is 316 g/mol. The van der Waals surface area contributed by atoms with E-state index < -0.39 is 22.8 Å². The molecule has 1 aliphatic rings. The van der Waals surface area contributed by atoms with Crippen molar-refractivity contribution in [1.29, 1.82) is 0 Å². The van der Waals surface area contributed by atoms with Crippen LogP contribution in [0.5, 0.6) is 0 Å². The summed E-state index contributed by atoms with van der Waals surface area (Å²) in [5.74, 6) is -1.86. The van der Waals surface area contributed by atoms with E-state index in [4.69, 9.17) is 0 Å². The van der Waals surface area contributed by atoms with Crippen molar-refractivity contribution in [3.63, 3.8) is 0 Å². The highest BCUT2D eigenvalue weighted by atomic mass is 16.4. The Kier molecular flexibility index (Phi) is 9.23. The van der Waals surface area contributed by atoms with Gasteiger partial charge in [-0.2, -0.15) is 0 Å². The smallest absolute Gasteiger partial charge is 0.311 e. The zero-order chi connectivity index (χ0) is 18.8. The highest BCUT2D eigenvalue weighted by molar-refractivity contribution is 5.87. The third kappa shape index (κ3) is 5.08. The quantitative estimate of drug-likeness (QED) is 0.324. The van der Waals surface area contributed by atoms with Gasteiger partial charge in [-0.15, -0.1) is 0 Å². The van der Waals surface area contributed by atoms with E-state index in [0.717, 1.165) is 32.1 Å². The third-order valence-corrected chi connectivity index (χ3v) is 6.00. The van der Waals surface area contributed by atoms with Gasteiger partial charge in [-0.1, -0.05) is 83.8 Å². The molecule has 0 radical (unpaired) electrons. The Bertz CT molecular complexity index is 457. The third-order valence-electron chi connectivity index (χ3n) is 6.00. The summed E-state index contributed by atoms with van der Waals surface area (Å²) in [6.07, 6.45) is 14.8. The Morgan fingerprint density at radius 2 is 1.12 bits per heavy atom. The molecule has 0 spiro atoms. The van der Waals surface area contributed by atoms with Gasteiger partial charge in [0.15, 0.2) is 0 Å². The average molecular weight is 353 g/mol. The van der Waals surface area contributed by atoms with E-state index in [2.05, 4.69) is 6.92 Å². The second kappa shape index (κ2) is 10.6. The first-order valence-electron chi connectivity index (χ1n) is 10.1. The zero-order valence-electron chi connectivity index (χ0n) is 16.1. The molecule has 0 saturated heterocycles. The van der Waals surface area contributed by atoms with E-state index in [-0.39, 0.29) is 0 Å². The fourth-order valence-electron chi connectivity index (χ4n) is 4.30. The number of aliphatic carboxylic acids is 2. The summed E-state index contributed by atoms with van der Waals surface area (Å²) in [7, 11) is 0. The molecule has 0 aliphatic heterocycles. The Balaban J connectivity index is 2.85. The summed E-state index contributed by atoms with van der Waals surface area (Å²) in [5.41, 5.74) is -2.32. The van der Waals surface area contributed by atoms with E-state index in [1.54, 1.807) is 0 Å². The van der Waals surface area contributed by atoms with E-state index in [0.29, 0.717) is 25.7 Å². The first-order chi connectivity index (χ1) is 12.0. The van der Waals surface area contributed by atoms with Crippen molar-refractivity contribution in [1.82, 2.24) is 0 Å². The van der Waals surface area contributed by atoms with Gasteiger partial charge in [0.05, 0.1) is 10.8 Å². The lowest BCUT2D eigenvalue weighted by Gasteiger charge is -2.46. The molecule has 0 heterocycles. The Hall–Kier alpha value is -1.32. The summed E-state index contributed by atoms with van der Waals surface area (Å²) >= 11 is 0. The summed E-state index contributed by atoms with van der Waals surface area (Å²) in [5, 5.41) is 20.1. The lowest BCUT2D eigenvalue weighted by molar-refractivity contribution is -0.177. The summed E-state index contributed by atoms with van der Waals surface area (Å²) in [6.45, 7) is 4.21. The number of carbonyl (C=O) groups is 2. The SMILES string of the molecule is CCCCCCCCCC1(C(=O)O)CC=CCC1(CCCC)C(=O)O. The number of hydrogen-bond donors (Lipinski definition) is 2. The van der Waals surface area contributed by atoms with Crippen molar-refractivity contribution in [2.75, 3.05) is 0 Å². The normalized spacial score (nSPS) is 25.8. The van der Waals surface area contributed by atoms with Gasteiger partial charge in [0.2, 0.25) is 0 Å². The van der Waals surface area contributed by atoms with Crippen LogP contribution in [-0.2, 0) is 9.59 Å². The lowest BCUT2D eigenvalue weighted by Crippen LogP contribution is -2.53. The van der Waals surface area contributed by atoms with Crippen molar-refractivity contribution in [3.8, 4) is 0 Å². The van der Waals surface area contributed by atoms with Gasteiger partial charge in [0.1, 0.15) is 0 Å². The van der Waals surface area contributed by atoms with Gasteiger partial charge in [0.25, 0.3) is 0 Å². The molecule has 0 aromatic carbocycles. The minimum Gasteiger partial charge on any atom is -0.481 e. The summed E-state index contributed by atoms with van der Waals surface area (Å²) in [4.78, 5) is 24.5. The zero-order valence-corrected chi connectivity index (χ0v) is 16.1. The Labute approximate surface area is 152 Å². The molecule has 144 valence electrons. The number of carboxylic acid groups (broad SMARTS) is 2. The van der Waals surface area contributed by atoms with Crippen LogP contribution in [0.1, 0.15) is 97.3 Å². The standard InChI is InChI=1S/C21H36O4/c1-3-5-7-8-9-10-11-15-21(19(24)25)17-13-12-16-20(21,18(22)23)14-6-4-2/h12-13H,3-11,14-17H2,1-2H3,(H,22,23)(H,24,25). The molecule has 25 heavy (non-hydrogen) atoms. The molecule has 0 aromatic heterocycles. The van der Waals surface area contributed by atoms with Crippen LogP contribution >= 0.6 is 0 Å². The van der Waals surface area contributed by atoms with Crippen LogP contribution in [0.3, 0.4) is 0 Å². The maximum absolute atomic E-state index is 12.3. The minimum absolute atomic E-state index is 0.338. The maximum Gasteiger partial charge on any atom is 0.311 e. The molecule has 0 bridgehead atoms. The van der Waals surface area contributed by atoms with Crippen LogP contribution in [-0.4, -0.2) is 22.2 Å². The molecule has 0 aromatic rings. The fourth-order valence-corrected chi connectivity index (χ4v) is 4.30. The molecule has 1 rings (SSSR count). The maximum atomic E-state index is 12.3. The Morgan fingerprint density at radius 1 is 0.720 bits per heavy atom. The molecule has 1 aliphatic carbocycles. The predicted molar refractivity (Wildman–Crippen MR) is 101 cm³/mol. The van der Waals surface area contributed by atoms with E-state index in [9.17, 15) is 19.8 Å².